The molecular weight excluding hydrogens is 251 g/mol. The van der Waals surface area contributed by atoms with Gasteiger partial charge in [-0.05, 0) is 34.5 Å². The summed E-state index contributed by atoms with van der Waals surface area (Å²) >= 11 is 3.26. The number of ether oxygens (including phenoxy) is 1. The van der Waals surface area contributed by atoms with Gasteiger partial charge in [-0.2, -0.15) is 0 Å². The molecule has 0 amide bonds. The van der Waals surface area contributed by atoms with Gasteiger partial charge >= 0.3 is 0 Å². The van der Waals surface area contributed by atoms with Crippen molar-refractivity contribution < 1.29 is 14.2 Å². The van der Waals surface area contributed by atoms with Crippen molar-refractivity contribution in [3.8, 4) is 5.75 Å². The molecular formula is C10H12BrFO2. The molecule has 0 aliphatic rings. The summed E-state index contributed by atoms with van der Waals surface area (Å²) in [6.45, 7) is 1.62. The third-order valence-electron chi connectivity index (χ3n) is 1.84. The predicted molar refractivity (Wildman–Crippen MR) is 56.0 cm³/mol. The van der Waals surface area contributed by atoms with Crippen molar-refractivity contribution in [2.24, 2.45) is 0 Å². The fraction of sp³-hybridized carbons (Fsp3) is 0.400. The van der Waals surface area contributed by atoms with E-state index >= 15 is 0 Å². The molecule has 0 saturated carbocycles. The summed E-state index contributed by atoms with van der Waals surface area (Å²) < 4.78 is 19.0. The molecule has 4 heteroatoms. The van der Waals surface area contributed by atoms with E-state index in [2.05, 4.69) is 15.9 Å². The summed E-state index contributed by atoms with van der Waals surface area (Å²) in [5.74, 6) is 0.0998. The summed E-state index contributed by atoms with van der Waals surface area (Å²) in [6.07, 6.45) is -0.251. The van der Waals surface area contributed by atoms with Crippen LogP contribution in [0.4, 0.5) is 4.39 Å². The number of rotatable bonds is 3. The Balaban J connectivity index is 3.02. The van der Waals surface area contributed by atoms with Crippen molar-refractivity contribution in [2.75, 3.05) is 7.11 Å². The van der Waals surface area contributed by atoms with Gasteiger partial charge in [-0.3, -0.25) is 0 Å². The van der Waals surface area contributed by atoms with Crippen LogP contribution in [0, 0.1) is 5.82 Å². The van der Waals surface area contributed by atoms with Crippen LogP contribution in [-0.4, -0.2) is 18.3 Å². The average Bonchev–Trinajstić information content (AvgIpc) is 2.10. The number of halogens is 2. The lowest BCUT2D eigenvalue weighted by molar-refractivity contribution is 0.194. The van der Waals surface area contributed by atoms with Gasteiger partial charge in [0, 0.05) is 12.5 Å². The minimum Gasteiger partial charge on any atom is -0.495 e. The number of aliphatic hydroxyl groups is 1. The van der Waals surface area contributed by atoms with E-state index in [1.807, 2.05) is 0 Å². The second kappa shape index (κ2) is 4.75. The van der Waals surface area contributed by atoms with Gasteiger partial charge in [-0.25, -0.2) is 4.39 Å². The molecule has 0 spiro atoms. The largest absolute Gasteiger partial charge is 0.495 e. The Kier molecular flexibility index (Phi) is 3.89. The van der Waals surface area contributed by atoms with Crippen LogP contribution in [0.2, 0.25) is 0 Å². The second-order valence-corrected chi connectivity index (χ2v) is 3.99. The smallest absolute Gasteiger partial charge is 0.135 e. The molecule has 1 rings (SSSR count). The first-order chi connectivity index (χ1) is 6.54. The molecule has 0 saturated heterocycles. The zero-order valence-electron chi connectivity index (χ0n) is 8.05. The van der Waals surface area contributed by atoms with Gasteiger partial charge in [0.1, 0.15) is 11.6 Å². The zero-order valence-corrected chi connectivity index (χ0v) is 9.64. The van der Waals surface area contributed by atoms with Gasteiger partial charge in [-0.1, -0.05) is 0 Å². The van der Waals surface area contributed by atoms with Crippen LogP contribution >= 0.6 is 15.9 Å². The summed E-state index contributed by atoms with van der Waals surface area (Å²) in [5, 5.41) is 9.13. The third-order valence-corrected chi connectivity index (χ3v) is 2.46. The third kappa shape index (κ3) is 2.69. The Hall–Kier alpha value is -0.610. The Labute approximate surface area is 90.8 Å². The first-order valence-corrected chi connectivity index (χ1v) is 5.04. The maximum absolute atomic E-state index is 13.4. The standard InChI is InChI=1S/C10H12BrFO2/c1-6(13)3-7-4-8(11)10(14-2)5-9(7)12/h4-6,13H,3H2,1-2H3. The lowest BCUT2D eigenvalue weighted by Crippen LogP contribution is -2.06. The normalized spacial score (nSPS) is 12.6. The van der Waals surface area contributed by atoms with E-state index in [1.54, 1.807) is 13.0 Å². The van der Waals surface area contributed by atoms with Crippen molar-refractivity contribution in [3.63, 3.8) is 0 Å². The van der Waals surface area contributed by atoms with E-state index in [0.29, 0.717) is 22.2 Å². The van der Waals surface area contributed by atoms with Crippen LogP contribution < -0.4 is 4.74 Å². The van der Waals surface area contributed by atoms with Crippen LogP contribution in [-0.2, 0) is 6.42 Å². The first kappa shape index (κ1) is 11.5. The monoisotopic (exact) mass is 262 g/mol. The molecule has 1 aromatic rings. The minimum atomic E-state index is -0.551. The SMILES string of the molecule is COc1cc(F)c(CC(C)O)cc1Br. The molecule has 1 N–H and O–H groups in total. The highest BCUT2D eigenvalue weighted by Crippen LogP contribution is 2.28. The minimum absolute atomic E-state index is 0.300. The summed E-state index contributed by atoms with van der Waals surface area (Å²) in [7, 11) is 1.48. The molecule has 14 heavy (non-hydrogen) atoms. The zero-order chi connectivity index (χ0) is 10.7. The van der Waals surface area contributed by atoms with Crippen LogP contribution in [0.1, 0.15) is 12.5 Å². The Morgan fingerprint density at radius 2 is 2.21 bits per heavy atom. The van der Waals surface area contributed by atoms with Crippen molar-refractivity contribution >= 4 is 15.9 Å². The molecule has 0 radical (unpaired) electrons. The second-order valence-electron chi connectivity index (χ2n) is 3.13. The van der Waals surface area contributed by atoms with E-state index in [0.717, 1.165) is 0 Å². The summed E-state index contributed by atoms with van der Waals surface area (Å²) in [6, 6.07) is 2.93. The number of methoxy groups -OCH3 is 1. The fourth-order valence-electron chi connectivity index (χ4n) is 1.20. The summed E-state index contributed by atoms with van der Waals surface area (Å²) in [4.78, 5) is 0. The van der Waals surface area contributed by atoms with Crippen LogP contribution in [0.15, 0.2) is 16.6 Å². The van der Waals surface area contributed by atoms with Crippen molar-refractivity contribution in [3.05, 3.63) is 28.0 Å². The van der Waals surface area contributed by atoms with E-state index < -0.39 is 6.10 Å². The quantitative estimate of drug-likeness (QED) is 0.907. The molecule has 78 valence electrons. The topological polar surface area (TPSA) is 29.5 Å². The van der Waals surface area contributed by atoms with Crippen LogP contribution in [0.3, 0.4) is 0 Å². The van der Waals surface area contributed by atoms with E-state index in [4.69, 9.17) is 9.84 Å². The van der Waals surface area contributed by atoms with Crippen LogP contribution in [0.25, 0.3) is 0 Å². The molecule has 0 aliphatic heterocycles. The van der Waals surface area contributed by atoms with Gasteiger partial charge in [0.2, 0.25) is 0 Å². The maximum Gasteiger partial charge on any atom is 0.135 e. The average molecular weight is 263 g/mol. The van der Waals surface area contributed by atoms with Gasteiger partial charge in [0.15, 0.2) is 0 Å². The highest BCUT2D eigenvalue weighted by molar-refractivity contribution is 9.10. The molecule has 2 nitrogen and oxygen atoms in total. The highest BCUT2D eigenvalue weighted by atomic mass is 79.9. The first-order valence-electron chi connectivity index (χ1n) is 4.24. The summed E-state index contributed by atoms with van der Waals surface area (Å²) in [5.41, 5.74) is 0.479. The van der Waals surface area contributed by atoms with Gasteiger partial charge in [-0.15, -0.1) is 0 Å². The van der Waals surface area contributed by atoms with Crippen molar-refractivity contribution in [1.82, 2.24) is 0 Å². The Bertz CT molecular complexity index is 326. The van der Waals surface area contributed by atoms with Crippen molar-refractivity contribution in [2.45, 2.75) is 19.4 Å². The van der Waals surface area contributed by atoms with Crippen LogP contribution in [0.5, 0.6) is 5.75 Å². The lowest BCUT2D eigenvalue weighted by Gasteiger charge is -2.09. The highest BCUT2D eigenvalue weighted by Gasteiger charge is 2.10. The number of hydrogen-bond acceptors (Lipinski definition) is 2. The molecule has 1 unspecified atom stereocenters. The molecule has 1 atom stereocenters. The van der Waals surface area contributed by atoms with Gasteiger partial charge in [0.05, 0.1) is 17.7 Å². The number of hydrogen-bond donors (Lipinski definition) is 1. The number of aliphatic hydroxyl groups excluding tert-OH is 1. The molecule has 0 heterocycles. The Morgan fingerprint density at radius 3 is 2.71 bits per heavy atom. The lowest BCUT2D eigenvalue weighted by atomic mass is 10.1. The molecule has 0 aromatic heterocycles. The van der Waals surface area contributed by atoms with Gasteiger partial charge in [0.25, 0.3) is 0 Å². The number of benzene rings is 1. The van der Waals surface area contributed by atoms with E-state index in [9.17, 15) is 4.39 Å². The molecule has 0 aliphatic carbocycles. The van der Waals surface area contributed by atoms with Crippen molar-refractivity contribution in [1.29, 1.82) is 0 Å². The maximum atomic E-state index is 13.4. The van der Waals surface area contributed by atoms with E-state index in [-0.39, 0.29) is 5.82 Å². The predicted octanol–water partition coefficient (Wildman–Crippen LogP) is 2.52. The fourth-order valence-corrected chi connectivity index (χ4v) is 1.75. The molecule has 1 aromatic carbocycles. The van der Waals surface area contributed by atoms with E-state index in [1.165, 1.54) is 13.2 Å². The molecule has 0 bridgehead atoms. The molecule has 0 fully saturated rings. The van der Waals surface area contributed by atoms with Gasteiger partial charge < -0.3 is 9.84 Å². The Morgan fingerprint density at radius 1 is 1.57 bits per heavy atom.